The van der Waals surface area contributed by atoms with Crippen LogP contribution in [0.4, 0.5) is 15.8 Å². The summed E-state index contributed by atoms with van der Waals surface area (Å²) >= 11 is 0. The summed E-state index contributed by atoms with van der Waals surface area (Å²) in [5, 5.41) is 11.1. The Hall–Kier alpha value is -1.69. The molecule has 2 unspecified atom stereocenters. The molecule has 5 nitrogen and oxygen atoms in total. The minimum absolute atomic E-state index is 0.0675. The smallest absolute Gasteiger partial charge is 0.295 e. The van der Waals surface area contributed by atoms with Crippen LogP contribution in [0.15, 0.2) is 18.2 Å². The maximum atomic E-state index is 13.2. The Bertz CT molecular complexity index is 481. The van der Waals surface area contributed by atoms with Gasteiger partial charge < -0.3 is 10.6 Å². The van der Waals surface area contributed by atoms with Crippen LogP contribution in [0.2, 0.25) is 0 Å². The summed E-state index contributed by atoms with van der Waals surface area (Å²) in [6.07, 6.45) is 2.03. The van der Waals surface area contributed by atoms with E-state index in [1.54, 1.807) is 0 Å². The molecule has 0 aromatic heterocycles. The van der Waals surface area contributed by atoms with E-state index in [9.17, 15) is 14.5 Å². The molecule has 6 heteroatoms. The van der Waals surface area contributed by atoms with E-state index in [1.165, 1.54) is 12.1 Å². The lowest BCUT2D eigenvalue weighted by molar-refractivity contribution is -0.384. The minimum atomic E-state index is -0.593. The average Bonchev–Trinajstić information content (AvgIpc) is 2.38. The van der Waals surface area contributed by atoms with Gasteiger partial charge in [-0.15, -0.1) is 0 Å². The van der Waals surface area contributed by atoms with Gasteiger partial charge in [-0.2, -0.15) is 0 Å². The average molecular weight is 267 g/mol. The summed E-state index contributed by atoms with van der Waals surface area (Å²) in [5.74, 6) is -0.215. The maximum absolute atomic E-state index is 13.2. The second-order valence-electron chi connectivity index (χ2n) is 5.01. The molecule has 104 valence electrons. The summed E-state index contributed by atoms with van der Waals surface area (Å²) in [5.41, 5.74) is 6.07. The SMILES string of the molecule is CC1CCCN(c2ccc(F)cc2[N+](=O)[O-])C1CN. The zero-order valence-electron chi connectivity index (χ0n) is 10.9. The third-order valence-corrected chi connectivity index (χ3v) is 3.80. The summed E-state index contributed by atoms with van der Waals surface area (Å²) < 4.78 is 13.2. The number of nitrogens with two attached hydrogens (primary N) is 1. The Morgan fingerprint density at radius 3 is 2.95 bits per heavy atom. The molecule has 19 heavy (non-hydrogen) atoms. The van der Waals surface area contributed by atoms with Crippen LogP contribution in [-0.4, -0.2) is 24.1 Å². The van der Waals surface area contributed by atoms with Gasteiger partial charge in [0.05, 0.1) is 11.0 Å². The number of rotatable bonds is 3. The molecule has 1 fully saturated rings. The second-order valence-corrected chi connectivity index (χ2v) is 5.01. The van der Waals surface area contributed by atoms with Gasteiger partial charge in [0.15, 0.2) is 0 Å². The Kier molecular flexibility index (Phi) is 3.99. The molecule has 1 aliphatic rings. The number of hydrogen-bond donors (Lipinski definition) is 1. The largest absolute Gasteiger partial charge is 0.361 e. The zero-order valence-corrected chi connectivity index (χ0v) is 10.9. The van der Waals surface area contributed by atoms with E-state index < -0.39 is 10.7 Å². The summed E-state index contributed by atoms with van der Waals surface area (Å²) in [7, 11) is 0. The number of piperidine rings is 1. The first kappa shape index (κ1) is 13.7. The van der Waals surface area contributed by atoms with Gasteiger partial charge in [-0.1, -0.05) is 6.92 Å². The van der Waals surface area contributed by atoms with E-state index in [1.807, 2.05) is 4.90 Å². The van der Waals surface area contributed by atoms with Crippen LogP contribution >= 0.6 is 0 Å². The first-order valence-electron chi connectivity index (χ1n) is 6.45. The molecule has 0 amide bonds. The third kappa shape index (κ3) is 2.68. The lowest BCUT2D eigenvalue weighted by Crippen LogP contribution is -2.49. The summed E-state index contributed by atoms with van der Waals surface area (Å²) in [6, 6.07) is 3.78. The highest BCUT2D eigenvalue weighted by Crippen LogP contribution is 2.34. The molecule has 0 bridgehead atoms. The molecular weight excluding hydrogens is 249 g/mol. The predicted molar refractivity (Wildman–Crippen MR) is 71.6 cm³/mol. The molecule has 0 spiro atoms. The van der Waals surface area contributed by atoms with Crippen LogP contribution in [0.3, 0.4) is 0 Å². The van der Waals surface area contributed by atoms with Crippen LogP contribution in [0.25, 0.3) is 0 Å². The van der Waals surface area contributed by atoms with Gasteiger partial charge in [-0.05, 0) is 30.9 Å². The van der Waals surface area contributed by atoms with Crippen molar-refractivity contribution in [1.29, 1.82) is 0 Å². The Balaban J connectivity index is 2.42. The van der Waals surface area contributed by atoms with Gasteiger partial charge in [-0.3, -0.25) is 10.1 Å². The lowest BCUT2D eigenvalue weighted by atomic mass is 9.90. The number of nitrogens with zero attached hydrogens (tertiary/aromatic N) is 2. The molecule has 1 aromatic carbocycles. The number of nitro groups is 1. The molecule has 2 N–H and O–H groups in total. The quantitative estimate of drug-likeness (QED) is 0.673. The van der Waals surface area contributed by atoms with Crippen molar-refractivity contribution in [2.45, 2.75) is 25.8 Å². The standard InChI is InChI=1S/C13H18FN3O2/c1-9-3-2-6-16(13(9)8-15)11-5-4-10(14)7-12(11)17(18)19/h4-5,7,9,13H,2-3,6,8,15H2,1H3. The van der Waals surface area contributed by atoms with Crippen molar-refractivity contribution in [3.63, 3.8) is 0 Å². The molecule has 1 aromatic rings. The van der Waals surface area contributed by atoms with Crippen molar-refractivity contribution in [2.75, 3.05) is 18.0 Å². The van der Waals surface area contributed by atoms with Crippen molar-refractivity contribution in [2.24, 2.45) is 11.7 Å². The van der Waals surface area contributed by atoms with Gasteiger partial charge >= 0.3 is 0 Å². The highest BCUT2D eigenvalue weighted by molar-refractivity contribution is 5.64. The highest BCUT2D eigenvalue weighted by Gasteiger charge is 2.31. The van der Waals surface area contributed by atoms with Crippen LogP contribution in [-0.2, 0) is 0 Å². The summed E-state index contributed by atoms with van der Waals surface area (Å²) in [4.78, 5) is 12.5. The topological polar surface area (TPSA) is 72.4 Å². The van der Waals surface area contributed by atoms with Gasteiger partial charge in [0.25, 0.3) is 5.69 Å². The van der Waals surface area contributed by atoms with Crippen molar-refractivity contribution in [3.8, 4) is 0 Å². The van der Waals surface area contributed by atoms with Gasteiger partial charge in [0, 0.05) is 19.1 Å². The number of benzene rings is 1. The monoisotopic (exact) mass is 267 g/mol. The maximum Gasteiger partial charge on any atom is 0.295 e. The lowest BCUT2D eigenvalue weighted by Gasteiger charge is -2.40. The van der Waals surface area contributed by atoms with E-state index in [0.29, 0.717) is 18.2 Å². The fourth-order valence-corrected chi connectivity index (χ4v) is 2.79. The Labute approximate surface area is 111 Å². The van der Waals surface area contributed by atoms with E-state index in [-0.39, 0.29) is 11.7 Å². The first-order chi connectivity index (χ1) is 9.04. The zero-order chi connectivity index (χ0) is 14.0. The minimum Gasteiger partial charge on any atom is -0.361 e. The van der Waals surface area contributed by atoms with Crippen molar-refractivity contribution in [3.05, 3.63) is 34.1 Å². The van der Waals surface area contributed by atoms with Crippen molar-refractivity contribution < 1.29 is 9.31 Å². The third-order valence-electron chi connectivity index (χ3n) is 3.80. The number of anilines is 1. The van der Waals surface area contributed by atoms with Crippen LogP contribution in [0.1, 0.15) is 19.8 Å². The predicted octanol–water partition coefficient (Wildman–Crippen LogP) is 2.30. The Morgan fingerprint density at radius 2 is 2.32 bits per heavy atom. The molecule has 1 saturated heterocycles. The van der Waals surface area contributed by atoms with Gasteiger partial charge in [0.2, 0.25) is 0 Å². The molecule has 0 radical (unpaired) electrons. The fraction of sp³-hybridized carbons (Fsp3) is 0.538. The first-order valence-corrected chi connectivity index (χ1v) is 6.45. The number of halogens is 1. The van der Waals surface area contributed by atoms with Crippen LogP contribution in [0, 0.1) is 21.8 Å². The summed E-state index contributed by atoms with van der Waals surface area (Å²) in [6.45, 7) is 3.26. The molecule has 0 saturated carbocycles. The van der Waals surface area contributed by atoms with Crippen LogP contribution in [0.5, 0.6) is 0 Å². The second kappa shape index (κ2) is 5.52. The van der Waals surface area contributed by atoms with E-state index in [4.69, 9.17) is 5.73 Å². The van der Waals surface area contributed by atoms with E-state index >= 15 is 0 Å². The molecule has 1 heterocycles. The van der Waals surface area contributed by atoms with Crippen molar-refractivity contribution >= 4 is 11.4 Å². The molecule has 2 atom stereocenters. The molecule has 0 aliphatic carbocycles. The number of nitro benzene ring substituents is 1. The van der Waals surface area contributed by atoms with E-state index in [2.05, 4.69) is 6.92 Å². The normalized spacial score (nSPS) is 23.4. The van der Waals surface area contributed by atoms with Gasteiger partial charge in [0.1, 0.15) is 11.5 Å². The van der Waals surface area contributed by atoms with E-state index in [0.717, 1.165) is 25.5 Å². The number of hydrogen-bond acceptors (Lipinski definition) is 4. The molecule has 1 aliphatic heterocycles. The Morgan fingerprint density at radius 1 is 1.58 bits per heavy atom. The van der Waals surface area contributed by atoms with Gasteiger partial charge in [-0.25, -0.2) is 4.39 Å². The fourth-order valence-electron chi connectivity index (χ4n) is 2.79. The van der Waals surface area contributed by atoms with Crippen LogP contribution < -0.4 is 10.6 Å². The van der Waals surface area contributed by atoms with Crippen molar-refractivity contribution in [1.82, 2.24) is 0 Å². The highest BCUT2D eigenvalue weighted by atomic mass is 19.1. The molecular formula is C13H18FN3O2. The molecule has 2 rings (SSSR count).